The van der Waals surface area contributed by atoms with E-state index in [1.807, 2.05) is 0 Å². The molecule has 1 amide bonds. The van der Waals surface area contributed by atoms with E-state index < -0.39 is 18.4 Å². The van der Waals surface area contributed by atoms with E-state index in [9.17, 15) is 13.6 Å². The first-order chi connectivity index (χ1) is 7.55. The zero-order chi connectivity index (χ0) is 12.2. The van der Waals surface area contributed by atoms with Crippen molar-refractivity contribution in [3.63, 3.8) is 0 Å². The quantitative estimate of drug-likeness (QED) is 0.692. The van der Waals surface area contributed by atoms with Crippen LogP contribution in [0.25, 0.3) is 0 Å². The molecule has 1 aliphatic carbocycles. The zero-order valence-corrected chi connectivity index (χ0v) is 9.16. The number of rotatable bonds is 6. The second-order valence-electron chi connectivity index (χ2n) is 4.20. The van der Waals surface area contributed by atoms with Crippen molar-refractivity contribution in [2.45, 2.75) is 25.7 Å². The van der Waals surface area contributed by atoms with E-state index in [1.165, 1.54) is 0 Å². The van der Waals surface area contributed by atoms with Crippen LogP contribution in [-0.2, 0) is 4.79 Å². The van der Waals surface area contributed by atoms with Gasteiger partial charge in [-0.1, -0.05) is 6.42 Å². The smallest absolute Gasteiger partial charge is 0.255 e. The van der Waals surface area contributed by atoms with Crippen molar-refractivity contribution in [2.24, 2.45) is 11.1 Å². The second kappa shape index (κ2) is 5.54. The van der Waals surface area contributed by atoms with Crippen molar-refractivity contribution in [3.05, 3.63) is 0 Å². The Balaban J connectivity index is 2.65. The largest absolute Gasteiger partial charge is 0.395 e. The van der Waals surface area contributed by atoms with Gasteiger partial charge in [-0.3, -0.25) is 4.79 Å². The van der Waals surface area contributed by atoms with Crippen LogP contribution < -0.4 is 5.73 Å². The summed E-state index contributed by atoms with van der Waals surface area (Å²) in [5.41, 5.74) is 4.89. The summed E-state index contributed by atoms with van der Waals surface area (Å²) in [6.07, 6.45) is -0.351. The number of carbonyl (C=O) groups is 1. The fourth-order valence-corrected chi connectivity index (χ4v) is 2.01. The highest BCUT2D eigenvalue weighted by Crippen LogP contribution is 2.41. The summed E-state index contributed by atoms with van der Waals surface area (Å²) in [7, 11) is 0. The van der Waals surface area contributed by atoms with E-state index >= 15 is 0 Å². The first-order valence-corrected chi connectivity index (χ1v) is 5.44. The molecule has 0 atom stereocenters. The molecule has 0 aromatic rings. The minimum atomic E-state index is -2.58. The molecule has 1 rings (SSSR count). The number of nitrogens with zero attached hydrogens (tertiary/aromatic N) is 1. The third kappa shape index (κ3) is 2.68. The number of halogens is 2. The van der Waals surface area contributed by atoms with Crippen molar-refractivity contribution in [2.75, 3.05) is 26.2 Å². The van der Waals surface area contributed by atoms with Gasteiger partial charge in [-0.15, -0.1) is 0 Å². The predicted octanol–water partition coefficient (Wildman–Crippen LogP) is 0.201. The van der Waals surface area contributed by atoms with E-state index in [1.54, 1.807) is 0 Å². The van der Waals surface area contributed by atoms with Crippen molar-refractivity contribution in [1.82, 2.24) is 4.90 Å². The van der Waals surface area contributed by atoms with E-state index in [4.69, 9.17) is 10.8 Å². The summed E-state index contributed by atoms with van der Waals surface area (Å²) in [6.45, 7) is -0.790. The molecule has 0 heterocycles. The molecule has 94 valence electrons. The number of aliphatic hydroxyl groups excluding tert-OH is 1. The maximum absolute atomic E-state index is 12.3. The molecular weight excluding hydrogens is 218 g/mol. The van der Waals surface area contributed by atoms with Crippen LogP contribution in [0.4, 0.5) is 8.78 Å². The molecule has 6 heteroatoms. The lowest BCUT2D eigenvalue weighted by molar-refractivity contribution is -0.149. The lowest BCUT2D eigenvalue weighted by atomic mass is 9.68. The van der Waals surface area contributed by atoms with Crippen molar-refractivity contribution in [3.8, 4) is 0 Å². The molecular formula is C10H18F2N2O2. The minimum absolute atomic E-state index is 0.0507. The standard InChI is InChI=1S/C10H18F2N2O2/c11-8(12)6-14(4-5-15)9(16)10(7-13)2-1-3-10/h8,15H,1-7,13H2. The van der Waals surface area contributed by atoms with Crippen LogP contribution in [-0.4, -0.2) is 48.6 Å². The Morgan fingerprint density at radius 1 is 1.50 bits per heavy atom. The van der Waals surface area contributed by atoms with Gasteiger partial charge in [0.1, 0.15) is 0 Å². The molecule has 0 saturated heterocycles. The van der Waals surface area contributed by atoms with Crippen LogP contribution >= 0.6 is 0 Å². The first kappa shape index (κ1) is 13.3. The van der Waals surface area contributed by atoms with E-state index in [0.29, 0.717) is 12.8 Å². The summed E-state index contributed by atoms with van der Waals surface area (Å²) in [4.78, 5) is 13.0. The Bertz CT molecular complexity index is 239. The van der Waals surface area contributed by atoms with Crippen LogP contribution in [0.1, 0.15) is 19.3 Å². The number of hydrogen-bond donors (Lipinski definition) is 2. The fraction of sp³-hybridized carbons (Fsp3) is 0.900. The molecule has 0 spiro atoms. The number of hydrogen-bond acceptors (Lipinski definition) is 3. The molecule has 1 saturated carbocycles. The van der Waals surface area contributed by atoms with Gasteiger partial charge in [0.2, 0.25) is 5.91 Å². The van der Waals surface area contributed by atoms with Crippen LogP contribution in [0, 0.1) is 5.41 Å². The molecule has 4 nitrogen and oxygen atoms in total. The Kier molecular flexibility index (Phi) is 4.61. The second-order valence-corrected chi connectivity index (χ2v) is 4.20. The highest BCUT2D eigenvalue weighted by Gasteiger charge is 2.45. The predicted molar refractivity (Wildman–Crippen MR) is 55.0 cm³/mol. The van der Waals surface area contributed by atoms with Gasteiger partial charge < -0.3 is 15.7 Å². The average molecular weight is 236 g/mol. The van der Waals surface area contributed by atoms with E-state index in [2.05, 4.69) is 0 Å². The van der Waals surface area contributed by atoms with Crippen LogP contribution in [0.3, 0.4) is 0 Å². The van der Waals surface area contributed by atoms with E-state index in [-0.39, 0.29) is 25.6 Å². The molecule has 0 aromatic carbocycles. The van der Waals surface area contributed by atoms with Crippen molar-refractivity contribution < 1.29 is 18.7 Å². The van der Waals surface area contributed by atoms with Gasteiger partial charge in [0.05, 0.1) is 18.6 Å². The summed E-state index contributed by atoms with van der Waals surface area (Å²) in [6, 6.07) is 0. The van der Waals surface area contributed by atoms with Gasteiger partial charge in [0.25, 0.3) is 6.43 Å². The molecule has 0 radical (unpaired) electrons. The summed E-state index contributed by atoms with van der Waals surface area (Å²) in [5.74, 6) is -0.337. The highest BCUT2D eigenvalue weighted by atomic mass is 19.3. The van der Waals surface area contributed by atoms with Gasteiger partial charge in [0, 0.05) is 13.1 Å². The van der Waals surface area contributed by atoms with Gasteiger partial charge in [-0.2, -0.15) is 0 Å². The molecule has 0 aromatic heterocycles. The normalized spacial score (nSPS) is 18.3. The summed E-state index contributed by atoms with van der Waals surface area (Å²) >= 11 is 0. The first-order valence-electron chi connectivity index (χ1n) is 5.44. The lowest BCUT2D eigenvalue weighted by Crippen LogP contribution is -2.53. The Labute approximate surface area is 93.4 Å². The fourth-order valence-electron chi connectivity index (χ4n) is 2.01. The summed E-state index contributed by atoms with van der Waals surface area (Å²) < 4.78 is 24.6. The van der Waals surface area contributed by atoms with Gasteiger partial charge >= 0.3 is 0 Å². The molecule has 0 unspecified atom stereocenters. The molecule has 1 aliphatic rings. The number of aliphatic hydroxyl groups is 1. The highest BCUT2D eigenvalue weighted by molar-refractivity contribution is 5.84. The molecule has 3 N–H and O–H groups in total. The number of alkyl halides is 2. The van der Waals surface area contributed by atoms with Gasteiger partial charge in [0.15, 0.2) is 0 Å². The summed E-state index contributed by atoms with van der Waals surface area (Å²) in [5, 5.41) is 8.76. The van der Waals surface area contributed by atoms with Crippen LogP contribution in [0.5, 0.6) is 0 Å². The van der Waals surface area contributed by atoms with Crippen LogP contribution in [0.15, 0.2) is 0 Å². The monoisotopic (exact) mass is 236 g/mol. The number of nitrogens with two attached hydrogens (primary N) is 1. The topological polar surface area (TPSA) is 66.6 Å². The van der Waals surface area contributed by atoms with Crippen molar-refractivity contribution >= 4 is 5.91 Å². The Hall–Kier alpha value is -0.750. The van der Waals surface area contributed by atoms with Gasteiger partial charge in [-0.25, -0.2) is 8.78 Å². The average Bonchev–Trinajstić information content (AvgIpc) is 2.15. The van der Waals surface area contributed by atoms with Gasteiger partial charge in [-0.05, 0) is 12.8 Å². The molecule has 1 fully saturated rings. The molecule has 16 heavy (non-hydrogen) atoms. The molecule has 0 bridgehead atoms. The van der Waals surface area contributed by atoms with Crippen molar-refractivity contribution in [1.29, 1.82) is 0 Å². The zero-order valence-electron chi connectivity index (χ0n) is 9.16. The number of amides is 1. The SMILES string of the molecule is NCC1(C(=O)N(CCO)CC(F)F)CCC1. The number of carbonyl (C=O) groups excluding carboxylic acids is 1. The third-order valence-corrected chi connectivity index (χ3v) is 3.17. The molecule has 0 aliphatic heterocycles. The van der Waals surface area contributed by atoms with Crippen LogP contribution in [0.2, 0.25) is 0 Å². The Morgan fingerprint density at radius 3 is 2.44 bits per heavy atom. The third-order valence-electron chi connectivity index (χ3n) is 3.17. The maximum Gasteiger partial charge on any atom is 0.255 e. The lowest BCUT2D eigenvalue weighted by Gasteiger charge is -2.42. The minimum Gasteiger partial charge on any atom is -0.395 e. The Morgan fingerprint density at radius 2 is 2.12 bits per heavy atom. The maximum atomic E-state index is 12.3. The van der Waals surface area contributed by atoms with E-state index in [0.717, 1.165) is 11.3 Å².